The average Bonchev–Trinajstić information content (AvgIpc) is 2.37. The molecule has 0 saturated carbocycles. The van der Waals surface area contributed by atoms with Gasteiger partial charge < -0.3 is 9.84 Å². The van der Waals surface area contributed by atoms with Gasteiger partial charge in [0.1, 0.15) is 5.75 Å². The summed E-state index contributed by atoms with van der Waals surface area (Å²) >= 11 is 0. The zero-order chi connectivity index (χ0) is 14.9. The Morgan fingerprint density at radius 2 is 2.05 bits per heavy atom. The van der Waals surface area contributed by atoms with Gasteiger partial charge in [-0.3, -0.25) is 4.79 Å². The van der Waals surface area contributed by atoms with Gasteiger partial charge in [-0.15, -0.1) is 0 Å². The van der Waals surface area contributed by atoms with Crippen molar-refractivity contribution in [3.05, 3.63) is 28.8 Å². The van der Waals surface area contributed by atoms with Crippen LogP contribution in [-0.2, 0) is 9.53 Å². The van der Waals surface area contributed by atoms with Crippen molar-refractivity contribution in [2.75, 3.05) is 6.61 Å². The molecule has 0 saturated heterocycles. The smallest absolute Gasteiger partial charge is 0.302 e. The molecule has 0 aliphatic heterocycles. The number of rotatable bonds is 3. The Labute approximate surface area is 121 Å². The number of phenolic OH excluding ortho intramolecular Hbond substituents is 1. The lowest BCUT2D eigenvalue weighted by molar-refractivity contribution is -0.141. The maximum absolute atomic E-state index is 11.0. The minimum absolute atomic E-state index is 0.204. The van der Waals surface area contributed by atoms with Crippen molar-refractivity contribution in [2.24, 2.45) is 5.92 Å². The highest BCUT2D eigenvalue weighted by atomic mass is 16.5. The van der Waals surface area contributed by atoms with Crippen LogP contribution in [0.3, 0.4) is 0 Å². The molecule has 1 aromatic rings. The van der Waals surface area contributed by atoms with Crippen LogP contribution < -0.4 is 0 Å². The van der Waals surface area contributed by atoms with E-state index in [9.17, 15) is 9.90 Å². The quantitative estimate of drug-likeness (QED) is 0.852. The van der Waals surface area contributed by atoms with Gasteiger partial charge >= 0.3 is 5.97 Å². The number of aryl methyl sites for hydroxylation is 1. The van der Waals surface area contributed by atoms with Crippen molar-refractivity contribution in [2.45, 2.75) is 52.4 Å². The van der Waals surface area contributed by atoms with Crippen LogP contribution in [0.1, 0.15) is 62.1 Å². The van der Waals surface area contributed by atoms with E-state index < -0.39 is 0 Å². The summed E-state index contributed by atoms with van der Waals surface area (Å²) in [6.07, 6.45) is 2.12. The van der Waals surface area contributed by atoms with E-state index in [1.165, 1.54) is 12.5 Å². The minimum atomic E-state index is -0.242. The highest BCUT2D eigenvalue weighted by Crippen LogP contribution is 2.44. The Kier molecular flexibility index (Phi) is 4.36. The third-order valence-corrected chi connectivity index (χ3v) is 4.36. The second-order valence-corrected chi connectivity index (χ2v) is 6.19. The first-order valence-electron chi connectivity index (χ1n) is 7.37. The fourth-order valence-electron chi connectivity index (χ4n) is 3.18. The van der Waals surface area contributed by atoms with Gasteiger partial charge in [0, 0.05) is 12.8 Å². The Balaban J connectivity index is 2.36. The van der Waals surface area contributed by atoms with Crippen molar-refractivity contribution in [3.63, 3.8) is 0 Å². The Morgan fingerprint density at radius 1 is 1.35 bits per heavy atom. The monoisotopic (exact) mass is 276 g/mol. The fraction of sp³-hybridized carbons (Fsp3) is 0.588. The van der Waals surface area contributed by atoms with E-state index >= 15 is 0 Å². The molecule has 0 amide bonds. The first-order chi connectivity index (χ1) is 9.40. The van der Waals surface area contributed by atoms with Crippen molar-refractivity contribution >= 4 is 5.97 Å². The van der Waals surface area contributed by atoms with Gasteiger partial charge in [-0.1, -0.05) is 19.9 Å². The molecular formula is C17H24O3. The zero-order valence-corrected chi connectivity index (χ0v) is 12.8. The third-order valence-electron chi connectivity index (χ3n) is 4.36. The molecule has 2 atom stereocenters. The van der Waals surface area contributed by atoms with Crippen LogP contribution in [0, 0.1) is 12.8 Å². The SMILES string of the molecule is CC(=O)OC[C@@H]1CC[C@@H](C(C)C)c2cc(C)c(O)cc21. The molecule has 1 aromatic carbocycles. The number of hydrogen-bond acceptors (Lipinski definition) is 3. The highest BCUT2D eigenvalue weighted by molar-refractivity contribution is 5.66. The number of benzene rings is 1. The summed E-state index contributed by atoms with van der Waals surface area (Å²) in [7, 11) is 0. The molecule has 3 nitrogen and oxygen atoms in total. The summed E-state index contributed by atoms with van der Waals surface area (Å²) in [4.78, 5) is 11.0. The number of aromatic hydroxyl groups is 1. The number of fused-ring (bicyclic) bond motifs is 1. The van der Waals surface area contributed by atoms with Gasteiger partial charge in [0.15, 0.2) is 0 Å². The van der Waals surface area contributed by atoms with Gasteiger partial charge in [0.25, 0.3) is 0 Å². The van der Waals surface area contributed by atoms with E-state index in [1.807, 2.05) is 13.0 Å². The molecule has 0 heterocycles. The van der Waals surface area contributed by atoms with Gasteiger partial charge in [-0.2, -0.15) is 0 Å². The number of phenols is 1. The molecule has 2 rings (SSSR count). The first-order valence-corrected chi connectivity index (χ1v) is 7.37. The topological polar surface area (TPSA) is 46.5 Å². The van der Waals surface area contributed by atoms with Crippen molar-refractivity contribution in [3.8, 4) is 5.75 Å². The number of esters is 1. The van der Waals surface area contributed by atoms with Crippen LogP contribution in [0.4, 0.5) is 0 Å². The van der Waals surface area contributed by atoms with Crippen LogP contribution in [0.5, 0.6) is 5.75 Å². The summed E-state index contributed by atoms with van der Waals surface area (Å²) in [6.45, 7) is 8.26. The molecule has 20 heavy (non-hydrogen) atoms. The molecule has 1 aliphatic carbocycles. The summed E-state index contributed by atoms with van der Waals surface area (Å²) in [5, 5.41) is 9.99. The predicted octanol–water partition coefficient (Wildman–Crippen LogP) is 3.88. The Bertz CT molecular complexity index is 505. The highest BCUT2D eigenvalue weighted by Gasteiger charge is 2.30. The van der Waals surface area contributed by atoms with Crippen molar-refractivity contribution in [1.82, 2.24) is 0 Å². The average molecular weight is 276 g/mol. The predicted molar refractivity (Wildman–Crippen MR) is 79.0 cm³/mol. The molecule has 0 aromatic heterocycles. The maximum atomic E-state index is 11.0. The second-order valence-electron chi connectivity index (χ2n) is 6.19. The minimum Gasteiger partial charge on any atom is -0.508 e. The number of carbonyl (C=O) groups is 1. The first kappa shape index (κ1) is 14.9. The van der Waals surface area contributed by atoms with E-state index in [2.05, 4.69) is 19.9 Å². The Hall–Kier alpha value is -1.51. The van der Waals surface area contributed by atoms with Gasteiger partial charge in [-0.25, -0.2) is 0 Å². The molecule has 3 heteroatoms. The summed E-state index contributed by atoms with van der Waals surface area (Å²) in [5.74, 6) is 1.40. The van der Waals surface area contributed by atoms with Crippen molar-refractivity contribution in [1.29, 1.82) is 0 Å². The molecule has 0 spiro atoms. The molecule has 0 fully saturated rings. The molecule has 0 bridgehead atoms. The van der Waals surface area contributed by atoms with Crippen LogP contribution in [0.25, 0.3) is 0 Å². The maximum Gasteiger partial charge on any atom is 0.302 e. The number of ether oxygens (including phenoxy) is 1. The van der Waals surface area contributed by atoms with Gasteiger partial charge in [-0.05, 0) is 54.4 Å². The lowest BCUT2D eigenvalue weighted by Crippen LogP contribution is -2.22. The van der Waals surface area contributed by atoms with Gasteiger partial charge in [0.2, 0.25) is 0 Å². The van der Waals surface area contributed by atoms with E-state index in [1.54, 1.807) is 0 Å². The van der Waals surface area contributed by atoms with E-state index in [0.29, 0.717) is 24.2 Å². The Morgan fingerprint density at radius 3 is 2.65 bits per heavy atom. The molecule has 0 unspecified atom stereocenters. The molecule has 0 radical (unpaired) electrons. The lowest BCUT2D eigenvalue weighted by atomic mass is 9.72. The van der Waals surface area contributed by atoms with Crippen LogP contribution in [0.2, 0.25) is 0 Å². The van der Waals surface area contributed by atoms with Gasteiger partial charge in [0.05, 0.1) is 6.61 Å². The van der Waals surface area contributed by atoms with Crippen LogP contribution >= 0.6 is 0 Å². The second kappa shape index (κ2) is 5.86. The molecule has 1 N–H and O–H groups in total. The third kappa shape index (κ3) is 2.97. The summed E-state index contributed by atoms with van der Waals surface area (Å²) in [5.41, 5.74) is 3.39. The van der Waals surface area contributed by atoms with E-state index in [0.717, 1.165) is 24.0 Å². The van der Waals surface area contributed by atoms with Crippen LogP contribution in [0.15, 0.2) is 12.1 Å². The standard InChI is InChI=1S/C17H24O3/c1-10(2)14-6-5-13(9-20-12(4)18)15-8-17(19)11(3)7-16(14)15/h7-8,10,13-14,19H,5-6,9H2,1-4H3/t13-,14-/m0/s1. The number of carbonyl (C=O) groups excluding carboxylic acids is 1. The number of hydrogen-bond donors (Lipinski definition) is 1. The molecule has 110 valence electrons. The largest absolute Gasteiger partial charge is 0.508 e. The fourth-order valence-corrected chi connectivity index (χ4v) is 3.18. The molecule has 1 aliphatic rings. The van der Waals surface area contributed by atoms with E-state index in [4.69, 9.17) is 4.74 Å². The van der Waals surface area contributed by atoms with Crippen molar-refractivity contribution < 1.29 is 14.6 Å². The molecular weight excluding hydrogens is 252 g/mol. The zero-order valence-electron chi connectivity index (χ0n) is 12.8. The summed E-state index contributed by atoms with van der Waals surface area (Å²) < 4.78 is 5.18. The normalized spacial score (nSPS) is 21.6. The van der Waals surface area contributed by atoms with Crippen LogP contribution in [-0.4, -0.2) is 17.7 Å². The summed E-state index contributed by atoms with van der Waals surface area (Å²) in [6, 6.07) is 3.97. The van der Waals surface area contributed by atoms with E-state index in [-0.39, 0.29) is 11.9 Å². The lowest BCUT2D eigenvalue weighted by Gasteiger charge is -2.34.